The van der Waals surface area contributed by atoms with E-state index in [-0.39, 0.29) is 0 Å². The van der Waals surface area contributed by atoms with Gasteiger partial charge in [-0.2, -0.15) is 0 Å². The fraction of sp³-hybridized carbons (Fsp3) is 0.933. The van der Waals surface area contributed by atoms with Gasteiger partial charge in [0.1, 0.15) is 0 Å². The van der Waals surface area contributed by atoms with Gasteiger partial charge in [0.15, 0.2) is 0 Å². The van der Waals surface area contributed by atoms with Crippen molar-refractivity contribution in [3.63, 3.8) is 0 Å². The molecule has 3 nitrogen and oxygen atoms in total. The highest BCUT2D eigenvalue weighted by molar-refractivity contribution is 5.59. The molecule has 2 atom stereocenters. The van der Waals surface area contributed by atoms with Crippen LogP contribution >= 0.6 is 0 Å². The summed E-state index contributed by atoms with van der Waals surface area (Å²) in [7, 11) is 0. The minimum Gasteiger partial charge on any atom is -0.434 e. The lowest BCUT2D eigenvalue weighted by molar-refractivity contribution is 0.0357. The average molecular weight is 258 g/mol. The first-order chi connectivity index (χ1) is 8.60. The molecule has 0 fully saturated rings. The Kier molecular flexibility index (Phi) is 10.9. The van der Waals surface area contributed by atoms with E-state index < -0.39 is 6.16 Å². The summed E-state index contributed by atoms with van der Waals surface area (Å²) in [5, 5.41) is 0. The predicted octanol–water partition coefficient (Wildman–Crippen LogP) is 4.79. The van der Waals surface area contributed by atoms with Crippen molar-refractivity contribution in [2.45, 2.75) is 66.2 Å². The molecule has 0 bridgehead atoms. The van der Waals surface area contributed by atoms with Crippen LogP contribution in [0, 0.1) is 11.8 Å². The maximum atomic E-state index is 11.4. The van der Waals surface area contributed by atoms with Gasteiger partial charge in [-0.25, -0.2) is 4.79 Å². The van der Waals surface area contributed by atoms with Gasteiger partial charge in [-0.05, 0) is 24.7 Å². The molecule has 0 aromatic carbocycles. The van der Waals surface area contributed by atoms with Crippen molar-refractivity contribution < 1.29 is 14.3 Å². The lowest BCUT2D eigenvalue weighted by Crippen LogP contribution is -2.16. The summed E-state index contributed by atoms with van der Waals surface area (Å²) in [6.07, 6.45) is 6.45. The van der Waals surface area contributed by atoms with Crippen LogP contribution in [0.5, 0.6) is 0 Å². The second-order valence-electron chi connectivity index (χ2n) is 5.37. The van der Waals surface area contributed by atoms with E-state index in [0.717, 1.165) is 12.8 Å². The molecular weight excluding hydrogens is 228 g/mol. The van der Waals surface area contributed by atoms with Crippen LogP contribution in [0.15, 0.2) is 0 Å². The van der Waals surface area contributed by atoms with Crippen LogP contribution in [-0.4, -0.2) is 19.4 Å². The summed E-state index contributed by atoms with van der Waals surface area (Å²) in [5.74, 6) is 0.852. The third-order valence-corrected chi connectivity index (χ3v) is 3.07. The molecule has 0 aliphatic rings. The Bertz CT molecular complexity index is 184. The third kappa shape index (κ3) is 10.4. The van der Waals surface area contributed by atoms with Gasteiger partial charge in [-0.15, -0.1) is 0 Å². The summed E-state index contributed by atoms with van der Waals surface area (Å²) in [4.78, 5) is 11.4. The molecule has 0 amide bonds. The van der Waals surface area contributed by atoms with Crippen molar-refractivity contribution in [2.75, 3.05) is 13.2 Å². The molecule has 0 aliphatic heterocycles. The number of carbonyl (C=O) groups is 1. The quantitative estimate of drug-likeness (QED) is 0.528. The first-order valence-corrected chi connectivity index (χ1v) is 7.39. The van der Waals surface area contributed by atoms with Crippen LogP contribution in [-0.2, 0) is 9.47 Å². The normalized spacial score (nSPS) is 14.0. The molecule has 2 unspecified atom stereocenters. The molecule has 0 radical (unpaired) electrons. The van der Waals surface area contributed by atoms with E-state index in [2.05, 4.69) is 27.7 Å². The third-order valence-electron chi connectivity index (χ3n) is 3.07. The van der Waals surface area contributed by atoms with Gasteiger partial charge >= 0.3 is 6.16 Å². The van der Waals surface area contributed by atoms with Crippen molar-refractivity contribution >= 4 is 6.16 Å². The number of hydrogen-bond acceptors (Lipinski definition) is 3. The van der Waals surface area contributed by atoms with Gasteiger partial charge in [0.25, 0.3) is 0 Å². The van der Waals surface area contributed by atoms with E-state index in [9.17, 15) is 4.79 Å². The van der Waals surface area contributed by atoms with E-state index in [1.54, 1.807) is 0 Å². The van der Waals surface area contributed by atoms with Crippen molar-refractivity contribution in [3.05, 3.63) is 0 Å². The zero-order valence-electron chi connectivity index (χ0n) is 12.5. The Balaban J connectivity index is 3.52. The van der Waals surface area contributed by atoms with Crippen LogP contribution in [0.3, 0.4) is 0 Å². The molecule has 0 aromatic heterocycles. The summed E-state index contributed by atoms with van der Waals surface area (Å²) >= 11 is 0. The first-order valence-electron chi connectivity index (χ1n) is 7.39. The Hall–Kier alpha value is -0.730. The second kappa shape index (κ2) is 11.4. The maximum Gasteiger partial charge on any atom is 0.508 e. The van der Waals surface area contributed by atoms with Crippen molar-refractivity contribution in [1.82, 2.24) is 0 Å². The standard InChI is InChI=1S/C15H30O3/c1-5-7-9-13(3)11-17-15(16)18-12-14(4)10-8-6-2/h13-14H,5-12H2,1-4H3. The minimum absolute atomic E-state index is 0.426. The average Bonchev–Trinajstić information content (AvgIpc) is 2.37. The maximum absolute atomic E-state index is 11.4. The molecule has 3 heteroatoms. The van der Waals surface area contributed by atoms with Crippen LogP contribution in [0.4, 0.5) is 4.79 Å². The fourth-order valence-corrected chi connectivity index (χ4v) is 1.73. The van der Waals surface area contributed by atoms with Crippen LogP contribution in [0.25, 0.3) is 0 Å². The minimum atomic E-state index is -0.512. The SMILES string of the molecule is CCCCC(C)COC(=O)OCC(C)CCCC. The van der Waals surface area contributed by atoms with Crippen molar-refractivity contribution in [2.24, 2.45) is 11.8 Å². The van der Waals surface area contributed by atoms with Crippen molar-refractivity contribution in [3.8, 4) is 0 Å². The lowest BCUT2D eigenvalue weighted by atomic mass is 10.1. The van der Waals surface area contributed by atoms with Crippen molar-refractivity contribution in [1.29, 1.82) is 0 Å². The zero-order chi connectivity index (χ0) is 13.8. The molecular formula is C15H30O3. The van der Waals surface area contributed by atoms with Crippen LogP contribution < -0.4 is 0 Å². The lowest BCUT2D eigenvalue weighted by Gasteiger charge is -2.13. The molecule has 0 saturated heterocycles. The summed E-state index contributed by atoms with van der Waals surface area (Å²) in [6.45, 7) is 9.49. The van der Waals surface area contributed by atoms with Gasteiger partial charge in [0.2, 0.25) is 0 Å². The Morgan fingerprint density at radius 2 is 1.28 bits per heavy atom. The Morgan fingerprint density at radius 3 is 1.61 bits per heavy atom. The molecule has 0 rings (SSSR count). The van der Waals surface area contributed by atoms with Gasteiger partial charge in [-0.1, -0.05) is 53.4 Å². The van der Waals surface area contributed by atoms with Gasteiger partial charge in [-0.3, -0.25) is 0 Å². The van der Waals surface area contributed by atoms with E-state index in [1.165, 1.54) is 25.7 Å². The monoisotopic (exact) mass is 258 g/mol. The molecule has 0 aromatic rings. The summed E-state index contributed by atoms with van der Waals surface area (Å²) < 4.78 is 10.2. The predicted molar refractivity (Wildman–Crippen MR) is 74.7 cm³/mol. The highest BCUT2D eigenvalue weighted by Crippen LogP contribution is 2.10. The summed E-state index contributed by atoms with van der Waals surface area (Å²) in [5.41, 5.74) is 0. The zero-order valence-corrected chi connectivity index (χ0v) is 12.5. The van der Waals surface area contributed by atoms with Crippen LogP contribution in [0.2, 0.25) is 0 Å². The molecule has 0 spiro atoms. The number of carbonyl (C=O) groups excluding carboxylic acids is 1. The Labute approximate surface area is 112 Å². The number of ether oxygens (including phenoxy) is 2. The molecule has 108 valence electrons. The van der Waals surface area contributed by atoms with Gasteiger partial charge in [0.05, 0.1) is 13.2 Å². The first kappa shape index (κ1) is 17.3. The molecule has 0 saturated carbocycles. The number of hydrogen-bond donors (Lipinski definition) is 0. The number of rotatable bonds is 10. The van der Waals surface area contributed by atoms with E-state index in [0.29, 0.717) is 25.0 Å². The topological polar surface area (TPSA) is 35.5 Å². The molecule has 0 heterocycles. The molecule has 18 heavy (non-hydrogen) atoms. The van der Waals surface area contributed by atoms with Gasteiger partial charge in [0, 0.05) is 0 Å². The van der Waals surface area contributed by atoms with E-state index in [4.69, 9.17) is 9.47 Å². The highest BCUT2D eigenvalue weighted by Gasteiger charge is 2.10. The highest BCUT2D eigenvalue weighted by atomic mass is 16.7. The fourth-order valence-electron chi connectivity index (χ4n) is 1.73. The largest absolute Gasteiger partial charge is 0.508 e. The number of unbranched alkanes of at least 4 members (excludes halogenated alkanes) is 2. The summed E-state index contributed by atoms with van der Waals surface area (Å²) in [6, 6.07) is 0. The van der Waals surface area contributed by atoms with Crippen LogP contribution in [0.1, 0.15) is 66.2 Å². The molecule has 0 N–H and O–H groups in total. The molecule has 0 aliphatic carbocycles. The Morgan fingerprint density at radius 1 is 0.889 bits per heavy atom. The second-order valence-corrected chi connectivity index (χ2v) is 5.37. The van der Waals surface area contributed by atoms with Gasteiger partial charge < -0.3 is 9.47 Å². The van der Waals surface area contributed by atoms with E-state index >= 15 is 0 Å². The van der Waals surface area contributed by atoms with E-state index in [1.807, 2.05) is 0 Å². The smallest absolute Gasteiger partial charge is 0.434 e.